The number of aliphatic imine (C=N–C) groups is 1. The van der Waals surface area contributed by atoms with E-state index in [0.29, 0.717) is 0 Å². The molecule has 2 unspecified atom stereocenters. The first kappa shape index (κ1) is 23.2. The summed E-state index contributed by atoms with van der Waals surface area (Å²) < 4.78 is 56.7. The summed E-state index contributed by atoms with van der Waals surface area (Å²) in [6.45, 7) is 4.70. The third-order valence-electron chi connectivity index (χ3n) is 4.35. The Balaban J connectivity index is 2.81. The van der Waals surface area contributed by atoms with Crippen LogP contribution in [0.25, 0.3) is 0 Å². The molecule has 1 aliphatic heterocycles. The summed E-state index contributed by atoms with van der Waals surface area (Å²) in [5, 5.41) is 0. The van der Waals surface area contributed by atoms with Crippen molar-refractivity contribution in [3.8, 4) is 0 Å². The Morgan fingerprint density at radius 1 is 1.07 bits per heavy atom. The fourth-order valence-corrected chi connectivity index (χ4v) is 3.26. The molecule has 164 valence electrons. The van der Waals surface area contributed by atoms with Crippen molar-refractivity contribution in [3.05, 3.63) is 46.8 Å². The van der Waals surface area contributed by atoms with E-state index in [0.717, 1.165) is 6.07 Å². The maximum absolute atomic E-state index is 13.8. The smallest absolute Gasteiger partial charge is 0.416 e. The minimum absolute atomic E-state index is 0.0314. The SMILES string of the molecule is CCOC(=O)C1=C(N)N=C(OCC)C(C(=O)OCC)C1c1ccccc1C(F)(F)F. The minimum Gasteiger partial charge on any atom is -0.480 e. The second-order valence-electron chi connectivity index (χ2n) is 6.19. The summed E-state index contributed by atoms with van der Waals surface area (Å²) in [6, 6.07) is 4.63. The Bertz CT molecular complexity index is 864. The van der Waals surface area contributed by atoms with Gasteiger partial charge in [-0.2, -0.15) is 18.2 Å². The first-order valence-corrected chi connectivity index (χ1v) is 9.38. The second kappa shape index (κ2) is 9.64. The Labute approximate surface area is 171 Å². The van der Waals surface area contributed by atoms with Gasteiger partial charge in [-0.3, -0.25) is 4.79 Å². The van der Waals surface area contributed by atoms with E-state index in [1.807, 2.05) is 0 Å². The van der Waals surface area contributed by atoms with E-state index >= 15 is 0 Å². The second-order valence-corrected chi connectivity index (χ2v) is 6.19. The normalized spacial score (nSPS) is 19.2. The number of alkyl halides is 3. The van der Waals surface area contributed by atoms with Crippen LogP contribution >= 0.6 is 0 Å². The monoisotopic (exact) mass is 428 g/mol. The highest BCUT2D eigenvalue weighted by atomic mass is 19.4. The lowest BCUT2D eigenvalue weighted by molar-refractivity contribution is -0.148. The van der Waals surface area contributed by atoms with Crippen LogP contribution in [0.3, 0.4) is 0 Å². The van der Waals surface area contributed by atoms with Crippen molar-refractivity contribution in [2.24, 2.45) is 16.6 Å². The molecule has 10 heteroatoms. The number of esters is 2. The van der Waals surface area contributed by atoms with E-state index in [1.54, 1.807) is 13.8 Å². The molecule has 2 rings (SSSR count). The van der Waals surface area contributed by atoms with E-state index in [1.165, 1.54) is 25.1 Å². The summed E-state index contributed by atoms with van der Waals surface area (Å²) in [5.74, 6) is -5.35. The van der Waals surface area contributed by atoms with E-state index < -0.39 is 35.5 Å². The number of rotatable bonds is 6. The molecule has 0 saturated carbocycles. The highest BCUT2D eigenvalue weighted by Crippen LogP contribution is 2.44. The third kappa shape index (κ3) is 4.74. The van der Waals surface area contributed by atoms with Crippen LogP contribution in [-0.2, 0) is 30.0 Å². The third-order valence-corrected chi connectivity index (χ3v) is 4.35. The van der Waals surface area contributed by atoms with Crippen LogP contribution in [0.15, 0.2) is 40.7 Å². The van der Waals surface area contributed by atoms with Gasteiger partial charge < -0.3 is 19.9 Å². The van der Waals surface area contributed by atoms with Gasteiger partial charge in [0.1, 0.15) is 11.7 Å². The zero-order valence-corrected chi connectivity index (χ0v) is 16.8. The molecular formula is C20H23F3N2O5. The number of hydrogen-bond donors (Lipinski definition) is 1. The predicted octanol–water partition coefficient (Wildman–Crippen LogP) is 3.15. The van der Waals surface area contributed by atoms with Crippen LogP contribution < -0.4 is 5.73 Å². The molecule has 0 amide bonds. The van der Waals surface area contributed by atoms with Gasteiger partial charge in [0.15, 0.2) is 0 Å². The number of halogens is 3. The zero-order valence-electron chi connectivity index (χ0n) is 16.8. The van der Waals surface area contributed by atoms with E-state index in [2.05, 4.69) is 4.99 Å². The minimum atomic E-state index is -4.75. The first-order valence-electron chi connectivity index (χ1n) is 9.38. The fraction of sp³-hybridized carbons (Fsp3) is 0.450. The van der Waals surface area contributed by atoms with Crippen molar-refractivity contribution < 1.29 is 37.0 Å². The molecule has 1 aromatic rings. The molecule has 30 heavy (non-hydrogen) atoms. The number of carbonyl (C=O) groups is 2. The van der Waals surface area contributed by atoms with Crippen LogP contribution in [0.4, 0.5) is 13.2 Å². The highest BCUT2D eigenvalue weighted by Gasteiger charge is 2.48. The van der Waals surface area contributed by atoms with Gasteiger partial charge in [-0.25, -0.2) is 4.79 Å². The van der Waals surface area contributed by atoms with Crippen molar-refractivity contribution in [2.75, 3.05) is 19.8 Å². The van der Waals surface area contributed by atoms with Crippen LogP contribution in [0.5, 0.6) is 0 Å². The number of ether oxygens (including phenoxy) is 3. The molecular weight excluding hydrogens is 405 g/mol. The van der Waals surface area contributed by atoms with Gasteiger partial charge in [0.2, 0.25) is 5.90 Å². The molecule has 0 bridgehead atoms. The molecule has 0 radical (unpaired) electrons. The number of nitrogens with zero attached hydrogens (tertiary/aromatic N) is 1. The van der Waals surface area contributed by atoms with Gasteiger partial charge in [-0.05, 0) is 32.4 Å². The number of hydrogen-bond acceptors (Lipinski definition) is 7. The first-order chi connectivity index (χ1) is 14.2. The van der Waals surface area contributed by atoms with E-state index in [4.69, 9.17) is 19.9 Å². The van der Waals surface area contributed by atoms with Crippen LogP contribution in [-0.4, -0.2) is 37.7 Å². The van der Waals surface area contributed by atoms with Crippen LogP contribution in [0.2, 0.25) is 0 Å². The fourth-order valence-electron chi connectivity index (χ4n) is 3.26. The van der Waals surface area contributed by atoms with Gasteiger partial charge in [0.25, 0.3) is 0 Å². The highest BCUT2D eigenvalue weighted by molar-refractivity contribution is 6.04. The van der Waals surface area contributed by atoms with Crippen molar-refractivity contribution in [1.82, 2.24) is 0 Å². The summed E-state index contributed by atoms with van der Waals surface area (Å²) in [6.07, 6.45) is -4.75. The standard InChI is InChI=1S/C20H23F3N2O5/c1-4-28-17-15(19(27)30-6-3)13(14(16(24)25-17)18(26)29-5-2)11-9-7-8-10-12(11)20(21,22)23/h7-10,13,15H,4-6,24H2,1-3H3. The maximum Gasteiger partial charge on any atom is 0.416 e. The van der Waals surface area contributed by atoms with E-state index in [9.17, 15) is 22.8 Å². The summed E-state index contributed by atoms with van der Waals surface area (Å²) in [4.78, 5) is 29.4. The van der Waals surface area contributed by atoms with Crippen LogP contribution in [0, 0.1) is 5.92 Å². The lowest BCUT2D eigenvalue weighted by atomic mass is 9.76. The molecule has 0 spiro atoms. The number of nitrogens with two attached hydrogens (primary N) is 1. The van der Waals surface area contributed by atoms with Gasteiger partial charge in [-0.1, -0.05) is 18.2 Å². The molecule has 1 aromatic carbocycles. The van der Waals surface area contributed by atoms with Crippen molar-refractivity contribution in [2.45, 2.75) is 32.9 Å². The lowest BCUT2D eigenvalue weighted by Crippen LogP contribution is -2.40. The lowest BCUT2D eigenvalue weighted by Gasteiger charge is -2.32. The average molecular weight is 428 g/mol. The van der Waals surface area contributed by atoms with Crippen molar-refractivity contribution >= 4 is 17.8 Å². The molecule has 1 heterocycles. The van der Waals surface area contributed by atoms with E-state index in [-0.39, 0.29) is 42.7 Å². The molecule has 0 fully saturated rings. The Morgan fingerprint density at radius 3 is 2.27 bits per heavy atom. The predicted molar refractivity (Wildman–Crippen MR) is 101 cm³/mol. The number of benzene rings is 1. The summed E-state index contributed by atoms with van der Waals surface area (Å²) >= 11 is 0. The molecule has 2 N–H and O–H groups in total. The number of carbonyl (C=O) groups excluding carboxylic acids is 2. The van der Waals surface area contributed by atoms with Crippen LogP contribution in [0.1, 0.15) is 37.8 Å². The summed E-state index contributed by atoms with van der Waals surface area (Å²) in [5.41, 5.74) is 4.23. The topological polar surface area (TPSA) is 100 Å². The molecule has 1 aliphatic rings. The average Bonchev–Trinajstić information content (AvgIpc) is 2.67. The van der Waals surface area contributed by atoms with Gasteiger partial charge in [0.05, 0.1) is 31.0 Å². The molecule has 0 aromatic heterocycles. The maximum atomic E-state index is 13.8. The zero-order chi connectivity index (χ0) is 22.5. The van der Waals surface area contributed by atoms with Crippen molar-refractivity contribution in [1.29, 1.82) is 0 Å². The van der Waals surface area contributed by atoms with Gasteiger partial charge >= 0.3 is 18.1 Å². The van der Waals surface area contributed by atoms with Crippen molar-refractivity contribution in [3.63, 3.8) is 0 Å². The van der Waals surface area contributed by atoms with Gasteiger partial charge in [0, 0.05) is 5.92 Å². The molecule has 2 atom stereocenters. The largest absolute Gasteiger partial charge is 0.480 e. The molecule has 0 aliphatic carbocycles. The quantitative estimate of drug-likeness (QED) is 0.699. The molecule has 7 nitrogen and oxygen atoms in total. The summed E-state index contributed by atoms with van der Waals surface area (Å²) in [7, 11) is 0. The Hall–Kier alpha value is -3.04. The molecule has 0 saturated heterocycles. The Kier molecular flexibility index (Phi) is 7.47. The Morgan fingerprint density at radius 2 is 1.70 bits per heavy atom. The van der Waals surface area contributed by atoms with Gasteiger partial charge in [-0.15, -0.1) is 0 Å².